The van der Waals surface area contributed by atoms with Crippen LogP contribution in [0.25, 0.3) is 11.1 Å². The fraction of sp³-hybridized carbons (Fsp3) is 0.356. The van der Waals surface area contributed by atoms with Crippen LogP contribution < -0.4 is 15.1 Å². The molecule has 0 saturated carbocycles. The number of hydrogen-bond donors (Lipinski definition) is 2. The minimum atomic E-state index is -0.760. The minimum absolute atomic E-state index is 0.0366. The molecule has 8 rings (SSSR count). The molecule has 10 heteroatoms. The molecule has 4 aliphatic rings. The van der Waals surface area contributed by atoms with E-state index in [1.165, 1.54) is 27.3 Å². The molecular formula is C45H48FN5O4. The third kappa shape index (κ3) is 7.48. The van der Waals surface area contributed by atoms with Crippen molar-refractivity contribution in [2.45, 2.75) is 51.6 Å². The molecule has 55 heavy (non-hydrogen) atoms. The van der Waals surface area contributed by atoms with Crippen LogP contribution in [-0.4, -0.2) is 84.5 Å². The van der Waals surface area contributed by atoms with Gasteiger partial charge in [-0.25, -0.2) is 4.39 Å². The van der Waals surface area contributed by atoms with Gasteiger partial charge >= 0.3 is 0 Å². The lowest BCUT2D eigenvalue weighted by Crippen LogP contribution is -2.52. The fourth-order valence-corrected chi connectivity index (χ4v) is 8.89. The summed E-state index contributed by atoms with van der Waals surface area (Å²) < 4.78 is 15.9. The highest BCUT2D eigenvalue weighted by atomic mass is 19.1. The summed E-state index contributed by atoms with van der Waals surface area (Å²) >= 11 is 0. The number of nitrogens with zero attached hydrogens (tertiary/aromatic N) is 4. The summed E-state index contributed by atoms with van der Waals surface area (Å²) in [5, 5.41) is 12.3. The number of aromatic hydroxyl groups is 1. The van der Waals surface area contributed by atoms with Crippen molar-refractivity contribution in [3.63, 3.8) is 0 Å². The molecule has 0 spiro atoms. The number of nitrogens with one attached hydrogen (secondary N) is 1. The quantitative estimate of drug-likeness (QED) is 0.146. The Kier molecular flexibility index (Phi) is 10.4. The number of benzene rings is 4. The molecular weight excluding hydrogens is 694 g/mol. The second-order valence-electron chi connectivity index (χ2n) is 15.2. The summed E-state index contributed by atoms with van der Waals surface area (Å²) in [6.45, 7) is 8.37. The molecule has 284 valence electrons. The van der Waals surface area contributed by atoms with E-state index in [2.05, 4.69) is 75.5 Å². The molecule has 2 N–H and O–H groups in total. The predicted octanol–water partition coefficient (Wildman–Crippen LogP) is 6.70. The van der Waals surface area contributed by atoms with Crippen LogP contribution in [-0.2, 0) is 16.1 Å². The first-order valence-electron chi connectivity index (χ1n) is 19.6. The Hall–Kier alpha value is -5.48. The maximum absolute atomic E-state index is 15.9. The number of allylic oxidation sites excluding steroid dienone is 1. The van der Waals surface area contributed by atoms with Crippen molar-refractivity contribution in [2.24, 2.45) is 5.92 Å². The van der Waals surface area contributed by atoms with Crippen LogP contribution in [0.3, 0.4) is 0 Å². The van der Waals surface area contributed by atoms with Crippen LogP contribution in [0.4, 0.5) is 15.8 Å². The van der Waals surface area contributed by atoms with Gasteiger partial charge in [-0.2, -0.15) is 0 Å². The van der Waals surface area contributed by atoms with E-state index in [-0.39, 0.29) is 42.8 Å². The number of piperazine rings is 1. The van der Waals surface area contributed by atoms with Gasteiger partial charge in [0.05, 0.1) is 12.2 Å². The number of rotatable bonds is 9. The van der Waals surface area contributed by atoms with Crippen molar-refractivity contribution < 1.29 is 23.9 Å². The average molecular weight is 742 g/mol. The van der Waals surface area contributed by atoms with Gasteiger partial charge in [-0.3, -0.25) is 24.6 Å². The van der Waals surface area contributed by atoms with E-state index in [9.17, 15) is 19.5 Å². The lowest BCUT2D eigenvalue weighted by molar-refractivity contribution is -0.136. The first kappa shape index (κ1) is 36.5. The zero-order valence-corrected chi connectivity index (χ0v) is 31.3. The van der Waals surface area contributed by atoms with Gasteiger partial charge in [0.2, 0.25) is 11.8 Å². The Morgan fingerprint density at radius 1 is 0.764 bits per heavy atom. The Bertz CT molecular complexity index is 2090. The minimum Gasteiger partial charge on any atom is -0.508 e. The van der Waals surface area contributed by atoms with Crippen molar-refractivity contribution in [3.05, 3.63) is 125 Å². The third-order valence-electron chi connectivity index (χ3n) is 11.9. The third-order valence-corrected chi connectivity index (χ3v) is 11.9. The molecule has 4 aliphatic heterocycles. The van der Waals surface area contributed by atoms with Crippen LogP contribution >= 0.6 is 0 Å². The van der Waals surface area contributed by atoms with Gasteiger partial charge in [0.25, 0.3) is 5.91 Å². The number of carbonyl (C=O) groups excluding carboxylic acids is 3. The topological polar surface area (TPSA) is 96.4 Å². The van der Waals surface area contributed by atoms with E-state index < -0.39 is 11.9 Å². The van der Waals surface area contributed by atoms with E-state index in [1.807, 2.05) is 18.2 Å². The number of hydrogen-bond acceptors (Lipinski definition) is 7. The highest BCUT2D eigenvalue weighted by molar-refractivity contribution is 6.05. The normalized spacial score (nSPS) is 20.1. The second-order valence-corrected chi connectivity index (χ2v) is 15.2. The summed E-state index contributed by atoms with van der Waals surface area (Å²) in [5.74, 6) is -0.716. The monoisotopic (exact) mass is 741 g/mol. The molecule has 3 amide bonds. The smallest absolute Gasteiger partial charge is 0.255 e. The van der Waals surface area contributed by atoms with Crippen LogP contribution in [0.2, 0.25) is 0 Å². The van der Waals surface area contributed by atoms with Gasteiger partial charge in [-0.1, -0.05) is 61.5 Å². The number of imide groups is 1. The number of amides is 3. The van der Waals surface area contributed by atoms with E-state index in [0.29, 0.717) is 35.8 Å². The number of piperidine rings is 2. The van der Waals surface area contributed by atoms with Crippen molar-refractivity contribution in [3.8, 4) is 5.75 Å². The molecule has 4 aromatic carbocycles. The number of halogens is 1. The molecule has 4 aromatic rings. The molecule has 3 saturated heterocycles. The van der Waals surface area contributed by atoms with Crippen LogP contribution in [0.15, 0.2) is 91.0 Å². The van der Waals surface area contributed by atoms with Gasteiger partial charge in [0.1, 0.15) is 11.8 Å². The molecule has 0 radical (unpaired) electrons. The van der Waals surface area contributed by atoms with Crippen molar-refractivity contribution in [1.29, 1.82) is 0 Å². The Balaban J connectivity index is 0.862. The molecule has 9 nitrogen and oxygen atoms in total. The molecule has 1 unspecified atom stereocenters. The maximum Gasteiger partial charge on any atom is 0.255 e. The lowest BCUT2D eigenvalue weighted by Gasteiger charge is -2.40. The Morgan fingerprint density at radius 3 is 2.09 bits per heavy atom. The summed E-state index contributed by atoms with van der Waals surface area (Å²) in [6, 6.07) is 29.6. The largest absolute Gasteiger partial charge is 0.508 e. The number of phenols is 1. The molecule has 0 aromatic heterocycles. The summed E-state index contributed by atoms with van der Waals surface area (Å²) in [5.41, 5.74) is 8.28. The zero-order chi connectivity index (χ0) is 38.1. The second kappa shape index (κ2) is 15.7. The molecule has 0 aliphatic carbocycles. The molecule has 4 heterocycles. The Labute approximate surface area is 322 Å². The van der Waals surface area contributed by atoms with Gasteiger partial charge in [-0.15, -0.1) is 0 Å². The van der Waals surface area contributed by atoms with Gasteiger partial charge < -0.3 is 19.8 Å². The van der Waals surface area contributed by atoms with Crippen LogP contribution in [0.1, 0.15) is 71.6 Å². The van der Waals surface area contributed by atoms with E-state index in [0.717, 1.165) is 63.1 Å². The number of anilines is 2. The van der Waals surface area contributed by atoms with Gasteiger partial charge in [0.15, 0.2) is 5.82 Å². The summed E-state index contributed by atoms with van der Waals surface area (Å²) in [6.07, 6.45) is 3.53. The Morgan fingerprint density at radius 2 is 1.44 bits per heavy atom. The van der Waals surface area contributed by atoms with Gasteiger partial charge in [0, 0.05) is 69.0 Å². The average Bonchev–Trinajstić information content (AvgIpc) is 3.55. The predicted molar refractivity (Wildman–Crippen MR) is 213 cm³/mol. The van der Waals surface area contributed by atoms with Gasteiger partial charge in [-0.05, 0) is 95.8 Å². The number of carbonyl (C=O) groups is 3. The SMILES string of the molecule is CCC(=C(c1ccc(O)cc1)c1ccc(N2CCC(CN3CCN(c4ccc5c(c4F)CN(C4CCC(=O)NC4=O)C5=O)CC3)CC2)cc1)c1ccccc1. The van der Waals surface area contributed by atoms with E-state index in [1.54, 1.807) is 24.3 Å². The summed E-state index contributed by atoms with van der Waals surface area (Å²) in [7, 11) is 0. The lowest BCUT2D eigenvalue weighted by atomic mass is 9.88. The van der Waals surface area contributed by atoms with Crippen molar-refractivity contribution >= 4 is 40.2 Å². The summed E-state index contributed by atoms with van der Waals surface area (Å²) in [4.78, 5) is 45.7. The van der Waals surface area contributed by atoms with E-state index in [4.69, 9.17) is 0 Å². The molecule has 1 atom stereocenters. The van der Waals surface area contributed by atoms with Crippen LogP contribution in [0, 0.1) is 11.7 Å². The van der Waals surface area contributed by atoms with Crippen molar-refractivity contribution in [2.75, 3.05) is 55.6 Å². The number of phenolic OH excluding ortho intramolecular Hbond substituents is 1. The van der Waals surface area contributed by atoms with Crippen LogP contribution in [0.5, 0.6) is 5.75 Å². The molecule has 0 bridgehead atoms. The zero-order valence-electron chi connectivity index (χ0n) is 31.3. The standard InChI is InChI=1S/C45H48FN5O4/c1-2-36(31-6-4-3-5-7-31)42(33-10-14-35(52)15-11-33)32-8-12-34(13-9-32)49-22-20-30(21-23-49)28-48-24-26-50(27-25-48)39-17-16-37-38(43(39)46)29-51(45(37)55)40-18-19-41(53)47-44(40)54/h3-17,30,40,52H,2,18-29H2,1H3,(H,47,53,54). The first-order valence-corrected chi connectivity index (χ1v) is 19.6. The number of fused-ring (bicyclic) bond motifs is 1. The van der Waals surface area contributed by atoms with E-state index >= 15 is 4.39 Å². The first-order chi connectivity index (χ1) is 26.8. The highest BCUT2D eigenvalue weighted by Crippen LogP contribution is 2.37. The highest BCUT2D eigenvalue weighted by Gasteiger charge is 2.41. The van der Waals surface area contributed by atoms with Crippen molar-refractivity contribution in [1.82, 2.24) is 15.1 Å². The maximum atomic E-state index is 15.9. The fourth-order valence-electron chi connectivity index (χ4n) is 8.89. The molecule has 3 fully saturated rings.